The van der Waals surface area contributed by atoms with E-state index in [-0.39, 0.29) is 0 Å². The summed E-state index contributed by atoms with van der Waals surface area (Å²) >= 11 is 0. The molecule has 4 nitrogen and oxygen atoms in total. The molecule has 0 radical (unpaired) electrons. The Morgan fingerprint density at radius 3 is 2.46 bits per heavy atom. The van der Waals surface area contributed by atoms with Crippen LogP contribution in [0.15, 0.2) is 30.3 Å². The number of aliphatic hydroxyl groups excluding tert-OH is 1. The van der Waals surface area contributed by atoms with E-state index in [9.17, 15) is 5.02 Å². The third-order valence-corrected chi connectivity index (χ3v) is 1.53. The predicted molar refractivity (Wildman–Crippen MR) is 48.1 cm³/mol. The van der Waals surface area contributed by atoms with E-state index in [0.29, 0.717) is 5.46 Å². The summed E-state index contributed by atoms with van der Waals surface area (Å²) in [7, 11) is 0.110. The summed E-state index contributed by atoms with van der Waals surface area (Å²) < 4.78 is 9.09. The molecule has 1 rings (SSSR count). The third kappa shape index (κ3) is 3.16. The molecule has 0 heterocycles. The lowest BCUT2D eigenvalue weighted by atomic mass is 9.80. The zero-order valence-corrected chi connectivity index (χ0v) is 7.25. The Balaban J connectivity index is 2.53. The summed E-state index contributed by atoms with van der Waals surface area (Å²) in [5, 5.41) is 18.2. The van der Waals surface area contributed by atoms with Crippen molar-refractivity contribution in [1.29, 1.82) is 0 Å². The van der Waals surface area contributed by atoms with Gasteiger partial charge >= 0.3 is 7.12 Å². The van der Waals surface area contributed by atoms with Crippen molar-refractivity contribution < 1.29 is 19.5 Å². The first-order valence-electron chi connectivity index (χ1n) is 3.83. The Bertz CT molecular complexity index is 241. The van der Waals surface area contributed by atoms with E-state index in [4.69, 9.17) is 5.11 Å². The zero-order chi connectivity index (χ0) is 9.68. The number of hydrogen-bond donors (Lipinski definition) is 2. The SMILES string of the molecule is COC(O)OB(O)c1ccccc1. The molecule has 0 spiro atoms. The number of hydrogen-bond acceptors (Lipinski definition) is 4. The fourth-order valence-electron chi connectivity index (χ4n) is 0.862. The summed E-state index contributed by atoms with van der Waals surface area (Å²) in [6.45, 7) is -1.41. The van der Waals surface area contributed by atoms with Gasteiger partial charge in [0, 0.05) is 7.11 Å². The van der Waals surface area contributed by atoms with Crippen LogP contribution in [0, 0.1) is 0 Å². The van der Waals surface area contributed by atoms with E-state index >= 15 is 0 Å². The van der Waals surface area contributed by atoms with Crippen molar-refractivity contribution in [3.05, 3.63) is 30.3 Å². The maximum atomic E-state index is 9.36. The second-order valence-corrected chi connectivity index (χ2v) is 2.44. The number of methoxy groups -OCH3 is 1. The summed E-state index contributed by atoms with van der Waals surface area (Å²) in [5.41, 5.74) is 0.568. The normalized spacial score (nSPS) is 12.5. The minimum atomic E-state index is -1.41. The van der Waals surface area contributed by atoms with E-state index in [2.05, 4.69) is 9.39 Å². The Morgan fingerprint density at radius 1 is 1.31 bits per heavy atom. The highest BCUT2D eigenvalue weighted by Gasteiger charge is 2.19. The maximum Gasteiger partial charge on any atom is 0.494 e. The van der Waals surface area contributed by atoms with E-state index in [1.807, 2.05) is 6.07 Å². The van der Waals surface area contributed by atoms with Crippen molar-refractivity contribution in [3.63, 3.8) is 0 Å². The lowest BCUT2D eigenvalue weighted by molar-refractivity contribution is -0.207. The molecule has 0 aliphatic rings. The van der Waals surface area contributed by atoms with Crippen LogP contribution in [-0.2, 0) is 9.39 Å². The highest BCUT2D eigenvalue weighted by atomic mass is 16.8. The number of ether oxygens (including phenoxy) is 1. The van der Waals surface area contributed by atoms with Crippen molar-refractivity contribution >= 4 is 12.6 Å². The molecule has 0 saturated carbocycles. The van der Waals surface area contributed by atoms with Crippen LogP contribution in [0.1, 0.15) is 0 Å². The second-order valence-electron chi connectivity index (χ2n) is 2.44. The monoisotopic (exact) mass is 182 g/mol. The predicted octanol–water partition coefficient (Wildman–Crippen LogP) is -0.687. The average Bonchev–Trinajstić information content (AvgIpc) is 2.19. The summed E-state index contributed by atoms with van der Waals surface area (Å²) in [5.74, 6) is 0. The highest BCUT2D eigenvalue weighted by molar-refractivity contribution is 6.59. The fraction of sp³-hybridized carbons (Fsp3) is 0.250. The van der Waals surface area contributed by atoms with E-state index < -0.39 is 13.6 Å². The topological polar surface area (TPSA) is 58.9 Å². The van der Waals surface area contributed by atoms with Crippen LogP contribution >= 0.6 is 0 Å². The highest BCUT2D eigenvalue weighted by Crippen LogP contribution is 1.92. The van der Waals surface area contributed by atoms with Crippen molar-refractivity contribution in [2.24, 2.45) is 0 Å². The zero-order valence-electron chi connectivity index (χ0n) is 7.25. The maximum absolute atomic E-state index is 9.36. The van der Waals surface area contributed by atoms with Gasteiger partial charge in [0.05, 0.1) is 0 Å². The van der Waals surface area contributed by atoms with Crippen molar-refractivity contribution in [2.75, 3.05) is 7.11 Å². The Kier molecular flexibility index (Phi) is 3.91. The number of benzene rings is 1. The lowest BCUT2D eigenvalue weighted by Gasteiger charge is -2.12. The molecular formula is C8H11BO4. The first-order chi connectivity index (χ1) is 6.24. The molecule has 70 valence electrons. The van der Waals surface area contributed by atoms with Crippen molar-refractivity contribution in [1.82, 2.24) is 0 Å². The smallest absolute Gasteiger partial charge is 0.423 e. The molecule has 2 N–H and O–H groups in total. The third-order valence-electron chi connectivity index (χ3n) is 1.53. The molecule has 0 amide bonds. The molecule has 5 heteroatoms. The van der Waals surface area contributed by atoms with Gasteiger partial charge in [0.25, 0.3) is 6.48 Å². The number of aliphatic hydroxyl groups is 1. The molecule has 0 bridgehead atoms. The van der Waals surface area contributed by atoms with E-state index in [1.165, 1.54) is 7.11 Å². The van der Waals surface area contributed by atoms with Crippen LogP contribution in [0.25, 0.3) is 0 Å². The van der Waals surface area contributed by atoms with Crippen molar-refractivity contribution in [3.8, 4) is 0 Å². The van der Waals surface area contributed by atoms with Gasteiger partial charge in [0.1, 0.15) is 0 Å². The van der Waals surface area contributed by atoms with E-state index in [1.54, 1.807) is 24.3 Å². The Labute approximate surface area is 76.9 Å². The second kappa shape index (κ2) is 4.99. The van der Waals surface area contributed by atoms with Crippen LogP contribution in [0.3, 0.4) is 0 Å². The summed E-state index contributed by atoms with van der Waals surface area (Å²) in [6.07, 6.45) is 0. The van der Waals surface area contributed by atoms with Crippen LogP contribution in [0.5, 0.6) is 0 Å². The van der Waals surface area contributed by atoms with Gasteiger partial charge in [-0.3, -0.25) is 0 Å². The Hall–Kier alpha value is -0.875. The quantitative estimate of drug-likeness (QED) is 0.478. The minimum Gasteiger partial charge on any atom is -0.423 e. The van der Waals surface area contributed by atoms with Gasteiger partial charge < -0.3 is 19.5 Å². The minimum absolute atomic E-state index is 0.568. The Morgan fingerprint density at radius 2 is 1.92 bits per heavy atom. The molecule has 1 unspecified atom stereocenters. The van der Waals surface area contributed by atoms with Gasteiger partial charge in [0.2, 0.25) is 0 Å². The van der Waals surface area contributed by atoms with Gasteiger partial charge in [-0.1, -0.05) is 30.3 Å². The van der Waals surface area contributed by atoms with Gasteiger partial charge in [-0.25, -0.2) is 0 Å². The average molecular weight is 182 g/mol. The fourth-order valence-corrected chi connectivity index (χ4v) is 0.862. The van der Waals surface area contributed by atoms with Crippen molar-refractivity contribution in [2.45, 2.75) is 6.48 Å². The summed E-state index contributed by atoms with van der Waals surface area (Å²) in [4.78, 5) is 0. The van der Waals surface area contributed by atoms with Crippen LogP contribution in [0.4, 0.5) is 0 Å². The van der Waals surface area contributed by atoms with Crippen LogP contribution < -0.4 is 5.46 Å². The van der Waals surface area contributed by atoms with Gasteiger partial charge in [0.15, 0.2) is 0 Å². The first kappa shape index (κ1) is 10.2. The van der Waals surface area contributed by atoms with Gasteiger partial charge in [-0.15, -0.1) is 0 Å². The molecule has 0 aliphatic carbocycles. The van der Waals surface area contributed by atoms with Crippen LogP contribution in [-0.4, -0.2) is 30.8 Å². The lowest BCUT2D eigenvalue weighted by Crippen LogP contribution is -2.37. The molecule has 0 saturated heterocycles. The molecule has 13 heavy (non-hydrogen) atoms. The molecular weight excluding hydrogens is 171 g/mol. The molecule has 1 aromatic carbocycles. The largest absolute Gasteiger partial charge is 0.494 e. The summed E-state index contributed by atoms with van der Waals surface area (Å²) in [6, 6.07) is 8.73. The van der Waals surface area contributed by atoms with Gasteiger partial charge in [-0.05, 0) is 5.46 Å². The van der Waals surface area contributed by atoms with E-state index in [0.717, 1.165) is 0 Å². The molecule has 0 aromatic heterocycles. The van der Waals surface area contributed by atoms with Gasteiger partial charge in [-0.2, -0.15) is 0 Å². The molecule has 0 aliphatic heterocycles. The first-order valence-corrected chi connectivity index (χ1v) is 3.83. The van der Waals surface area contributed by atoms with Crippen LogP contribution in [0.2, 0.25) is 0 Å². The molecule has 1 aromatic rings. The molecule has 1 atom stereocenters. The number of rotatable bonds is 4. The standard InChI is InChI=1S/C8H11BO4/c1-12-8(10)13-9(11)7-5-3-2-4-6-7/h2-6,8,10-11H,1H3. The molecule has 0 fully saturated rings.